The first-order chi connectivity index (χ1) is 11.8. The molecule has 0 radical (unpaired) electrons. The number of aryl methyl sites for hydroxylation is 1. The van der Waals surface area contributed by atoms with E-state index in [0.717, 1.165) is 17.1 Å². The summed E-state index contributed by atoms with van der Waals surface area (Å²) in [5.41, 5.74) is 0.582. The van der Waals surface area contributed by atoms with Gasteiger partial charge in [-0.25, -0.2) is 17.2 Å². The highest BCUT2D eigenvalue weighted by Gasteiger charge is 2.36. The number of nitrogens with one attached hydrogen (secondary N) is 1. The van der Waals surface area contributed by atoms with E-state index in [0.29, 0.717) is 12.2 Å². The second kappa shape index (κ2) is 6.52. The molecule has 2 aromatic rings. The lowest BCUT2D eigenvalue weighted by Crippen LogP contribution is -2.41. The van der Waals surface area contributed by atoms with Gasteiger partial charge >= 0.3 is 0 Å². The average molecular weight is 374 g/mol. The van der Waals surface area contributed by atoms with Crippen molar-refractivity contribution in [2.45, 2.75) is 30.3 Å². The van der Waals surface area contributed by atoms with E-state index in [1.165, 1.54) is 15.8 Å². The fourth-order valence-electron chi connectivity index (χ4n) is 2.57. The Hall–Kier alpha value is -2.34. The minimum atomic E-state index is -4.04. The fraction of sp³-hybridized carbons (Fsp3) is 0.462. The summed E-state index contributed by atoms with van der Waals surface area (Å²) < 4.78 is 54.0. The van der Waals surface area contributed by atoms with Crippen LogP contribution in [0.15, 0.2) is 29.7 Å². The Balaban J connectivity index is 1.71. The molecule has 1 aliphatic heterocycles. The summed E-state index contributed by atoms with van der Waals surface area (Å²) in [7, 11) is -2.33. The predicted octanol–water partition coefficient (Wildman–Crippen LogP) is -0.0345. The monoisotopic (exact) mass is 374 g/mol. The molecule has 2 aromatic heterocycles. The molecule has 25 heavy (non-hydrogen) atoms. The van der Waals surface area contributed by atoms with Gasteiger partial charge < -0.3 is 4.90 Å². The highest BCUT2D eigenvalue weighted by molar-refractivity contribution is 7.89. The Morgan fingerprint density at radius 3 is 2.72 bits per heavy atom. The van der Waals surface area contributed by atoms with Crippen molar-refractivity contribution in [1.82, 2.24) is 24.3 Å². The number of aromatic nitrogens is 4. The van der Waals surface area contributed by atoms with Gasteiger partial charge in [0.2, 0.25) is 15.9 Å². The quantitative estimate of drug-likeness (QED) is 0.765. The molecule has 3 rings (SSSR count). The maximum absolute atomic E-state index is 12.4. The number of sulfonamides is 1. The van der Waals surface area contributed by atoms with Crippen LogP contribution >= 0.6 is 0 Å². The smallest absolute Gasteiger partial charge is 0.257 e. The predicted molar refractivity (Wildman–Crippen MR) is 82.5 cm³/mol. The lowest BCUT2D eigenvalue weighted by atomic mass is 10.3. The lowest BCUT2D eigenvalue weighted by Gasteiger charge is -2.14. The Morgan fingerprint density at radius 2 is 2.08 bits per heavy atom. The molecule has 0 aromatic carbocycles. The first kappa shape index (κ1) is 17.5. The van der Waals surface area contributed by atoms with Gasteiger partial charge in [0.25, 0.3) is 6.43 Å². The van der Waals surface area contributed by atoms with Crippen molar-refractivity contribution >= 4 is 21.6 Å². The zero-order valence-corrected chi connectivity index (χ0v) is 14.0. The highest BCUT2D eigenvalue weighted by atomic mass is 32.2. The van der Waals surface area contributed by atoms with Crippen molar-refractivity contribution < 1.29 is 22.0 Å². The normalized spacial score (nSPS) is 18.5. The summed E-state index contributed by atoms with van der Waals surface area (Å²) in [6.07, 6.45) is 2.80. The van der Waals surface area contributed by atoms with Crippen molar-refractivity contribution in [3.63, 3.8) is 0 Å². The molecule has 1 amide bonds. The number of hydrogen-bond acceptors (Lipinski definition) is 5. The maximum atomic E-state index is 12.4. The molecule has 1 atom stereocenters. The van der Waals surface area contributed by atoms with Crippen molar-refractivity contribution in [1.29, 1.82) is 0 Å². The second-order valence-electron chi connectivity index (χ2n) is 5.61. The zero-order valence-electron chi connectivity index (χ0n) is 13.2. The molecular formula is C13H16F2N6O3S. The van der Waals surface area contributed by atoms with Crippen molar-refractivity contribution in [2.24, 2.45) is 7.05 Å². The van der Waals surface area contributed by atoms with E-state index in [1.54, 1.807) is 13.2 Å². The summed E-state index contributed by atoms with van der Waals surface area (Å²) in [5.74, 6) is -0.392. The van der Waals surface area contributed by atoms with E-state index in [9.17, 15) is 22.0 Å². The van der Waals surface area contributed by atoms with Crippen molar-refractivity contribution in [3.8, 4) is 0 Å². The SMILES string of the molecule is Cn1cc(N2CCC(NS(=O)(=O)c3cnn(CC(F)F)c3)C2=O)cn1. The summed E-state index contributed by atoms with van der Waals surface area (Å²) in [6.45, 7) is -0.352. The van der Waals surface area contributed by atoms with Crippen LogP contribution in [0.1, 0.15) is 6.42 Å². The van der Waals surface area contributed by atoms with Crippen LogP contribution in [0, 0.1) is 0 Å². The number of carbonyl (C=O) groups excluding carboxylic acids is 1. The number of rotatable bonds is 6. The van der Waals surface area contributed by atoms with Gasteiger partial charge in [-0.2, -0.15) is 14.9 Å². The van der Waals surface area contributed by atoms with E-state index >= 15 is 0 Å². The van der Waals surface area contributed by atoms with Gasteiger partial charge in [-0.15, -0.1) is 0 Å². The molecule has 1 fully saturated rings. The minimum absolute atomic E-state index is 0.263. The van der Waals surface area contributed by atoms with E-state index in [-0.39, 0.29) is 11.3 Å². The van der Waals surface area contributed by atoms with E-state index in [1.807, 2.05) is 0 Å². The molecule has 3 heterocycles. The topological polar surface area (TPSA) is 102 Å². The standard InChI is InChI=1S/C13H16F2N6O3S/c1-19-6-9(4-16-19)21-3-2-11(13(21)22)18-25(23,24)10-5-17-20(7-10)8-12(14)15/h4-7,11-12,18H,2-3,8H2,1H3. The molecule has 1 aliphatic rings. The molecule has 1 unspecified atom stereocenters. The van der Waals surface area contributed by atoms with Crippen LogP contribution in [0.25, 0.3) is 0 Å². The number of alkyl halides is 2. The number of halogens is 2. The van der Waals surface area contributed by atoms with E-state index in [2.05, 4.69) is 14.9 Å². The largest absolute Gasteiger partial charge is 0.308 e. The lowest BCUT2D eigenvalue weighted by molar-refractivity contribution is -0.118. The number of hydrogen-bond donors (Lipinski definition) is 1. The summed E-state index contributed by atoms with van der Waals surface area (Å²) in [5, 5.41) is 7.57. The minimum Gasteiger partial charge on any atom is -0.308 e. The van der Waals surface area contributed by atoms with Gasteiger partial charge in [0.05, 0.1) is 18.1 Å². The second-order valence-corrected chi connectivity index (χ2v) is 7.33. The van der Waals surface area contributed by atoms with Crippen LogP contribution < -0.4 is 9.62 Å². The van der Waals surface area contributed by atoms with Crippen LogP contribution in [0.5, 0.6) is 0 Å². The molecule has 12 heteroatoms. The van der Waals surface area contributed by atoms with E-state index < -0.39 is 34.9 Å². The van der Waals surface area contributed by atoms with Crippen LogP contribution in [-0.2, 0) is 28.4 Å². The zero-order chi connectivity index (χ0) is 18.2. The molecule has 0 bridgehead atoms. The molecular weight excluding hydrogens is 358 g/mol. The van der Waals surface area contributed by atoms with Gasteiger partial charge in [0.1, 0.15) is 17.5 Å². The van der Waals surface area contributed by atoms with E-state index in [4.69, 9.17) is 0 Å². The Morgan fingerprint density at radius 1 is 1.32 bits per heavy atom. The third-order valence-electron chi connectivity index (χ3n) is 3.75. The Kier molecular flexibility index (Phi) is 4.56. The van der Waals surface area contributed by atoms with Crippen molar-refractivity contribution in [2.75, 3.05) is 11.4 Å². The van der Waals surface area contributed by atoms with Gasteiger partial charge in [0, 0.05) is 26.0 Å². The first-order valence-corrected chi connectivity index (χ1v) is 8.87. The molecule has 0 spiro atoms. The molecule has 1 saturated heterocycles. The Bertz CT molecular complexity index is 878. The third-order valence-corrected chi connectivity index (χ3v) is 5.18. The van der Waals surface area contributed by atoms with Crippen molar-refractivity contribution in [3.05, 3.63) is 24.8 Å². The molecule has 0 saturated carbocycles. The molecule has 0 aliphatic carbocycles. The van der Waals surface area contributed by atoms with Gasteiger partial charge in [0.15, 0.2) is 0 Å². The van der Waals surface area contributed by atoms with Crippen LogP contribution in [0.4, 0.5) is 14.5 Å². The molecule has 136 valence electrons. The number of anilines is 1. The highest BCUT2D eigenvalue weighted by Crippen LogP contribution is 2.22. The molecule has 9 nitrogen and oxygen atoms in total. The first-order valence-electron chi connectivity index (χ1n) is 7.39. The van der Waals surface area contributed by atoms with Gasteiger partial charge in [-0.05, 0) is 6.42 Å². The summed E-state index contributed by atoms with van der Waals surface area (Å²) in [4.78, 5) is 13.6. The Labute approximate surface area is 142 Å². The average Bonchev–Trinajstić information content (AvgIpc) is 3.21. The molecule has 1 N–H and O–H groups in total. The van der Waals surface area contributed by atoms with Gasteiger partial charge in [-0.1, -0.05) is 0 Å². The van der Waals surface area contributed by atoms with Gasteiger partial charge in [-0.3, -0.25) is 14.2 Å². The van der Waals surface area contributed by atoms with Crippen LogP contribution in [0.3, 0.4) is 0 Å². The van der Waals surface area contributed by atoms with Crippen LogP contribution in [0.2, 0.25) is 0 Å². The number of carbonyl (C=O) groups is 1. The maximum Gasteiger partial charge on any atom is 0.257 e. The summed E-state index contributed by atoms with van der Waals surface area (Å²) >= 11 is 0. The number of nitrogens with zero attached hydrogens (tertiary/aromatic N) is 5. The fourth-order valence-corrected chi connectivity index (χ4v) is 3.75. The summed E-state index contributed by atoms with van der Waals surface area (Å²) in [6, 6.07) is -0.927. The number of amides is 1. The van der Waals surface area contributed by atoms with Crippen LogP contribution in [-0.4, -0.2) is 52.9 Å². The third kappa shape index (κ3) is 3.69.